The van der Waals surface area contributed by atoms with Crippen LogP contribution in [0.2, 0.25) is 0 Å². The van der Waals surface area contributed by atoms with Crippen LogP contribution in [0.4, 0.5) is 15.0 Å². The number of carbonyl (C=O) groups is 1. The van der Waals surface area contributed by atoms with Gasteiger partial charge in [-0.2, -0.15) is 5.10 Å². The van der Waals surface area contributed by atoms with Crippen LogP contribution in [0.1, 0.15) is 39.0 Å². The second-order valence-corrected chi connectivity index (χ2v) is 10.6. The lowest BCUT2D eigenvalue weighted by Crippen LogP contribution is -2.43. The number of benzene rings is 1. The van der Waals surface area contributed by atoms with Crippen molar-refractivity contribution in [1.82, 2.24) is 25.3 Å². The highest BCUT2D eigenvalue weighted by molar-refractivity contribution is 5.75. The highest BCUT2D eigenvalue weighted by Crippen LogP contribution is 2.37. The molecule has 1 aliphatic carbocycles. The Bertz CT molecular complexity index is 1360. The van der Waals surface area contributed by atoms with Crippen molar-refractivity contribution in [1.29, 1.82) is 0 Å². The third-order valence-electron chi connectivity index (χ3n) is 7.52. The number of aromatic nitrogens is 4. The molecule has 0 bridgehead atoms. The fourth-order valence-corrected chi connectivity index (χ4v) is 4.99. The Morgan fingerprint density at radius 3 is 2.67 bits per heavy atom. The molecule has 1 aliphatic heterocycles. The summed E-state index contributed by atoms with van der Waals surface area (Å²) in [6, 6.07) is 8.25. The molecule has 3 heterocycles. The Balaban J connectivity index is 1.33. The van der Waals surface area contributed by atoms with Crippen molar-refractivity contribution in [2.45, 2.75) is 45.1 Å². The molecule has 11 nitrogen and oxygen atoms in total. The molecule has 1 saturated carbocycles. The second kappa shape index (κ2) is 13.7. The number of amides is 1. The first-order chi connectivity index (χ1) is 20.5. The van der Waals surface area contributed by atoms with Gasteiger partial charge in [0.15, 0.2) is 12.6 Å². The first kappa shape index (κ1) is 29.4. The van der Waals surface area contributed by atoms with Crippen molar-refractivity contribution in [3.63, 3.8) is 0 Å². The van der Waals surface area contributed by atoms with Crippen molar-refractivity contribution < 1.29 is 28.1 Å². The maximum absolute atomic E-state index is 15.4. The third-order valence-corrected chi connectivity index (χ3v) is 7.52. The molecular formula is C30H37FN6O5. The molecule has 0 radical (unpaired) electrons. The van der Waals surface area contributed by atoms with E-state index in [2.05, 4.69) is 32.2 Å². The fraction of sp³-hybridized carbons (Fsp3) is 0.500. The molecule has 12 heteroatoms. The summed E-state index contributed by atoms with van der Waals surface area (Å²) in [5.74, 6) is 1.42. The summed E-state index contributed by atoms with van der Waals surface area (Å²) in [4.78, 5) is 16.9. The number of unbranched alkanes of at least 4 members (excludes halogenated alkanes) is 1. The number of rotatable bonds is 13. The van der Waals surface area contributed by atoms with Crippen LogP contribution < -0.4 is 14.4 Å². The second-order valence-electron chi connectivity index (χ2n) is 10.6. The van der Waals surface area contributed by atoms with Crippen molar-refractivity contribution in [3.8, 4) is 34.0 Å². The largest absolute Gasteiger partial charge is 0.480 e. The molecule has 2 aromatic heterocycles. The number of methoxy groups -OCH3 is 2. The summed E-state index contributed by atoms with van der Waals surface area (Å²) in [7, 11) is 2.98. The van der Waals surface area contributed by atoms with Gasteiger partial charge in [-0.1, -0.05) is 13.3 Å². The van der Waals surface area contributed by atoms with Crippen LogP contribution in [-0.4, -0.2) is 84.7 Å². The molecule has 3 aromatic rings. The van der Waals surface area contributed by atoms with E-state index < -0.39 is 5.82 Å². The molecule has 224 valence electrons. The van der Waals surface area contributed by atoms with E-state index in [0.29, 0.717) is 47.5 Å². The maximum Gasteiger partial charge on any atom is 0.410 e. The molecule has 42 heavy (non-hydrogen) atoms. The quantitative estimate of drug-likeness (QED) is 0.203. The number of anilines is 1. The summed E-state index contributed by atoms with van der Waals surface area (Å²) >= 11 is 0. The smallest absolute Gasteiger partial charge is 0.410 e. The van der Waals surface area contributed by atoms with Gasteiger partial charge < -0.3 is 28.7 Å². The minimum Gasteiger partial charge on any atom is -0.480 e. The standard InChI is InChI=1S/C30H37FN6O5/c1-4-5-12-41-30(38)37(17-20-6-7-20)22-10-11-36(18-22)28-9-8-26(33-34-28)24-14-25(31)23(15-27(24)42-19-39-2)21-13-29(40-3)35-32-16-21/h8-9,13-16,20,22H,4-7,10-12,17-19H2,1-3H3/t22-/m0/s1. The predicted octanol–water partition coefficient (Wildman–Crippen LogP) is 4.96. The van der Waals surface area contributed by atoms with Crippen LogP contribution in [0.15, 0.2) is 36.5 Å². The Kier molecular flexibility index (Phi) is 9.63. The summed E-state index contributed by atoms with van der Waals surface area (Å²) in [5, 5.41) is 16.6. The number of halogens is 1. The van der Waals surface area contributed by atoms with Gasteiger partial charge in [-0.15, -0.1) is 15.3 Å². The molecule has 1 aromatic carbocycles. The molecule has 2 aliphatic rings. The molecule has 0 spiro atoms. The minimum absolute atomic E-state index is 0.0328. The fourth-order valence-electron chi connectivity index (χ4n) is 4.99. The van der Waals surface area contributed by atoms with Gasteiger partial charge in [0.25, 0.3) is 0 Å². The molecule has 0 N–H and O–H groups in total. The van der Waals surface area contributed by atoms with Gasteiger partial charge in [-0.3, -0.25) is 0 Å². The van der Waals surface area contributed by atoms with Gasteiger partial charge in [0.05, 0.1) is 31.6 Å². The van der Waals surface area contributed by atoms with Gasteiger partial charge >= 0.3 is 6.09 Å². The van der Waals surface area contributed by atoms with E-state index in [9.17, 15) is 4.79 Å². The number of nitrogens with zero attached hydrogens (tertiary/aromatic N) is 6. The van der Waals surface area contributed by atoms with Gasteiger partial charge in [0.2, 0.25) is 5.88 Å². The third kappa shape index (κ3) is 7.04. The van der Waals surface area contributed by atoms with Gasteiger partial charge in [-0.05, 0) is 55.9 Å². The zero-order chi connectivity index (χ0) is 29.5. The lowest BCUT2D eigenvalue weighted by atomic mass is 10.0. The van der Waals surface area contributed by atoms with Crippen LogP contribution in [-0.2, 0) is 9.47 Å². The summed E-state index contributed by atoms with van der Waals surface area (Å²) in [6.07, 6.45) is 6.22. The monoisotopic (exact) mass is 580 g/mol. The van der Waals surface area contributed by atoms with Crippen molar-refractivity contribution in [2.75, 3.05) is 52.2 Å². The minimum atomic E-state index is -0.486. The van der Waals surface area contributed by atoms with Crippen LogP contribution in [0.25, 0.3) is 22.4 Å². The normalized spacial score (nSPS) is 16.4. The zero-order valence-corrected chi connectivity index (χ0v) is 24.3. The molecule has 5 rings (SSSR count). The Labute approximate surface area is 244 Å². The molecule has 1 saturated heterocycles. The van der Waals surface area contributed by atoms with Gasteiger partial charge in [0.1, 0.15) is 11.6 Å². The molecule has 1 amide bonds. The molecular weight excluding hydrogens is 543 g/mol. The lowest BCUT2D eigenvalue weighted by Gasteiger charge is -2.28. The average Bonchev–Trinajstić information content (AvgIpc) is 3.72. The number of carbonyl (C=O) groups excluding carboxylic acids is 1. The highest BCUT2D eigenvalue weighted by atomic mass is 19.1. The number of ether oxygens (including phenoxy) is 4. The summed E-state index contributed by atoms with van der Waals surface area (Å²) in [6.45, 7) is 4.63. The van der Waals surface area contributed by atoms with Gasteiger partial charge in [-0.25, -0.2) is 9.18 Å². The van der Waals surface area contributed by atoms with Crippen LogP contribution in [0.3, 0.4) is 0 Å². The summed E-state index contributed by atoms with van der Waals surface area (Å²) < 4.78 is 37.0. The van der Waals surface area contributed by atoms with Crippen LogP contribution >= 0.6 is 0 Å². The van der Waals surface area contributed by atoms with Crippen molar-refractivity contribution in [2.24, 2.45) is 5.92 Å². The Hall–Kier alpha value is -4.06. The SMILES string of the molecule is CCCCOC(=O)N(CC1CC1)[C@H]1CCN(c2ccc(-c3cc(F)c(-c4cnnc(OC)c4)cc3OCOC)nn2)C1. The van der Waals surface area contributed by atoms with E-state index in [-0.39, 0.29) is 30.4 Å². The Morgan fingerprint density at radius 1 is 1.10 bits per heavy atom. The van der Waals surface area contributed by atoms with E-state index in [4.69, 9.17) is 18.9 Å². The summed E-state index contributed by atoms with van der Waals surface area (Å²) in [5.41, 5.74) is 1.65. The number of hydrogen-bond donors (Lipinski definition) is 0. The van der Waals surface area contributed by atoms with E-state index in [0.717, 1.165) is 45.2 Å². The Morgan fingerprint density at radius 2 is 1.95 bits per heavy atom. The van der Waals surface area contributed by atoms with Gasteiger partial charge in [0, 0.05) is 49.5 Å². The van der Waals surface area contributed by atoms with E-state index >= 15 is 4.39 Å². The van der Waals surface area contributed by atoms with Crippen molar-refractivity contribution >= 4 is 11.9 Å². The topological polar surface area (TPSA) is 112 Å². The average molecular weight is 581 g/mol. The molecule has 1 atom stereocenters. The molecule has 2 fully saturated rings. The first-order valence-electron chi connectivity index (χ1n) is 14.4. The highest BCUT2D eigenvalue weighted by Gasteiger charge is 2.36. The zero-order valence-electron chi connectivity index (χ0n) is 24.3. The van der Waals surface area contributed by atoms with E-state index in [1.54, 1.807) is 18.2 Å². The van der Waals surface area contributed by atoms with E-state index in [1.165, 1.54) is 26.5 Å². The van der Waals surface area contributed by atoms with Crippen LogP contribution in [0, 0.1) is 11.7 Å². The van der Waals surface area contributed by atoms with Crippen LogP contribution in [0.5, 0.6) is 11.6 Å². The van der Waals surface area contributed by atoms with E-state index in [1.807, 2.05) is 11.0 Å². The van der Waals surface area contributed by atoms with Crippen molar-refractivity contribution in [3.05, 3.63) is 42.3 Å². The first-order valence-corrected chi connectivity index (χ1v) is 14.4. The molecule has 0 unspecified atom stereocenters. The lowest BCUT2D eigenvalue weighted by molar-refractivity contribution is 0.0515. The number of hydrogen-bond acceptors (Lipinski definition) is 10. The maximum atomic E-state index is 15.4. The predicted molar refractivity (Wildman–Crippen MR) is 154 cm³/mol.